The van der Waals surface area contributed by atoms with Crippen LogP contribution in [0.1, 0.15) is 25.7 Å². The van der Waals surface area contributed by atoms with Gasteiger partial charge in [-0.25, -0.2) is 0 Å². The molecule has 0 radical (unpaired) electrons. The summed E-state index contributed by atoms with van der Waals surface area (Å²) in [7, 11) is -1.37. The van der Waals surface area contributed by atoms with E-state index in [0.29, 0.717) is 0 Å². The van der Waals surface area contributed by atoms with Crippen molar-refractivity contribution in [2.75, 3.05) is 0 Å². The monoisotopic (exact) mass is 222 g/mol. The number of rotatable bonds is 2. The summed E-state index contributed by atoms with van der Waals surface area (Å²) in [4.78, 5) is 0. The highest BCUT2D eigenvalue weighted by Gasteiger charge is 2.51. The highest BCUT2D eigenvalue weighted by molar-refractivity contribution is 6.70. The summed E-state index contributed by atoms with van der Waals surface area (Å²) in [6.07, 6.45) is 8.32. The molecule has 3 rings (SSSR count). The van der Waals surface area contributed by atoms with Crippen molar-refractivity contribution in [1.29, 1.82) is 0 Å². The largest absolute Gasteiger partial charge is 0.547 e. The van der Waals surface area contributed by atoms with E-state index in [1.165, 1.54) is 31.4 Å². The molecular formula is C13H22OSi. The summed E-state index contributed by atoms with van der Waals surface area (Å²) in [6, 6.07) is 0. The van der Waals surface area contributed by atoms with Gasteiger partial charge in [0, 0.05) is 5.92 Å². The van der Waals surface area contributed by atoms with Gasteiger partial charge in [-0.1, -0.05) is 6.42 Å². The molecule has 2 fully saturated rings. The summed E-state index contributed by atoms with van der Waals surface area (Å²) >= 11 is 0. The van der Waals surface area contributed by atoms with Gasteiger partial charge in [-0.2, -0.15) is 0 Å². The molecule has 0 aromatic rings. The lowest BCUT2D eigenvalue weighted by Gasteiger charge is -2.30. The van der Waals surface area contributed by atoms with Gasteiger partial charge >= 0.3 is 0 Å². The Kier molecular flexibility index (Phi) is 2.07. The fraction of sp³-hybridized carbons (Fsp3) is 0.846. The van der Waals surface area contributed by atoms with Crippen LogP contribution in [0.4, 0.5) is 0 Å². The highest BCUT2D eigenvalue weighted by atomic mass is 28.4. The third-order valence-electron chi connectivity index (χ3n) is 4.39. The lowest BCUT2D eigenvalue weighted by molar-refractivity contribution is 0.269. The van der Waals surface area contributed by atoms with Crippen molar-refractivity contribution in [3.8, 4) is 0 Å². The van der Waals surface area contributed by atoms with Crippen LogP contribution in [0.15, 0.2) is 11.8 Å². The van der Waals surface area contributed by atoms with Crippen LogP contribution >= 0.6 is 0 Å². The van der Waals surface area contributed by atoms with E-state index in [-0.39, 0.29) is 0 Å². The van der Waals surface area contributed by atoms with Crippen LogP contribution in [-0.4, -0.2) is 8.32 Å². The molecule has 0 saturated heterocycles. The van der Waals surface area contributed by atoms with Crippen LogP contribution in [0.2, 0.25) is 19.6 Å². The normalized spacial score (nSPS) is 43.0. The number of hydrogen-bond acceptors (Lipinski definition) is 1. The zero-order valence-corrected chi connectivity index (χ0v) is 11.1. The maximum Gasteiger partial charge on any atom is 0.241 e. The quantitative estimate of drug-likeness (QED) is 0.646. The van der Waals surface area contributed by atoms with Crippen molar-refractivity contribution in [2.45, 2.75) is 45.3 Å². The Hall–Kier alpha value is -0.243. The van der Waals surface area contributed by atoms with Crippen LogP contribution in [0.5, 0.6) is 0 Å². The van der Waals surface area contributed by atoms with Crippen molar-refractivity contribution in [3.05, 3.63) is 11.8 Å². The van der Waals surface area contributed by atoms with Crippen LogP contribution < -0.4 is 0 Å². The molecule has 0 spiro atoms. The van der Waals surface area contributed by atoms with E-state index >= 15 is 0 Å². The maximum absolute atomic E-state index is 6.24. The second-order valence-electron chi connectivity index (χ2n) is 6.55. The Balaban J connectivity index is 1.78. The SMILES string of the molecule is C[Si](C)(C)OC1=C[C@H]2C[C@@H]1[C@H]1CCC[C@H]12. The lowest BCUT2D eigenvalue weighted by Crippen LogP contribution is -2.29. The van der Waals surface area contributed by atoms with Gasteiger partial charge in [-0.15, -0.1) is 0 Å². The average molecular weight is 222 g/mol. The minimum absolute atomic E-state index is 0.814. The first-order valence-corrected chi connectivity index (χ1v) is 9.86. The van der Waals surface area contributed by atoms with E-state index in [4.69, 9.17) is 4.43 Å². The molecule has 3 aliphatic rings. The molecule has 0 unspecified atom stereocenters. The third kappa shape index (κ3) is 1.57. The Labute approximate surface area is 94.0 Å². The molecule has 3 aliphatic carbocycles. The zero-order chi connectivity index (χ0) is 10.6. The van der Waals surface area contributed by atoms with Gasteiger partial charge in [0.2, 0.25) is 8.32 Å². The van der Waals surface area contributed by atoms with E-state index in [0.717, 1.165) is 23.7 Å². The van der Waals surface area contributed by atoms with E-state index in [9.17, 15) is 0 Å². The van der Waals surface area contributed by atoms with Gasteiger partial charge < -0.3 is 4.43 Å². The Bertz CT molecular complexity index is 302. The van der Waals surface area contributed by atoms with Gasteiger partial charge in [0.15, 0.2) is 0 Å². The van der Waals surface area contributed by atoms with Crippen LogP contribution in [0.3, 0.4) is 0 Å². The Morgan fingerprint density at radius 1 is 1.20 bits per heavy atom. The highest BCUT2D eigenvalue weighted by Crippen LogP contribution is 2.58. The van der Waals surface area contributed by atoms with Crippen molar-refractivity contribution < 1.29 is 4.43 Å². The summed E-state index contributed by atoms with van der Waals surface area (Å²) < 4.78 is 6.24. The molecule has 0 aromatic carbocycles. The molecule has 2 heteroatoms. The molecule has 84 valence electrons. The predicted octanol–water partition coefficient (Wildman–Crippen LogP) is 3.79. The summed E-state index contributed by atoms with van der Waals surface area (Å²) in [5.41, 5.74) is 0. The first kappa shape index (κ1) is 9.95. The van der Waals surface area contributed by atoms with E-state index in [1.807, 2.05) is 0 Å². The molecule has 0 heterocycles. The molecule has 0 aliphatic heterocycles. The van der Waals surface area contributed by atoms with Gasteiger partial charge in [0.25, 0.3) is 0 Å². The molecule has 4 atom stereocenters. The standard InChI is InChI=1S/C13H22OSi/c1-15(2,3)14-13-8-9-7-12(13)11-6-4-5-10(9)11/h8-12H,4-7H2,1-3H3/t9-,10+,11+,12-/m1/s1. The predicted molar refractivity (Wildman–Crippen MR) is 64.9 cm³/mol. The minimum atomic E-state index is -1.37. The lowest BCUT2D eigenvalue weighted by atomic mass is 9.85. The molecular weight excluding hydrogens is 200 g/mol. The van der Waals surface area contributed by atoms with Crippen molar-refractivity contribution in [1.82, 2.24) is 0 Å². The Morgan fingerprint density at radius 3 is 2.67 bits per heavy atom. The van der Waals surface area contributed by atoms with Crippen LogP contribution in [0, 0.1) is 23.7 Å². The second kappa shape index (κ2) is 3.13. The minimum Gasteiger partial charge on any atom is -0.547 e. The molecule has 2 bridgehead atoms. The summed E-state index contributed by atoms with van der Waals surface area (Å²) in [5.74, 6) is 5.11. The molecule has 0 amide bonds. The van der Waals surface area contributed by atoms with Crippen LogP contribution in [0.25, 0.3) is 0 Å². The smallest absolute Gasteiger partial charge is 0.241 e. The zero-order valence-electron chi connectivity index (χ0n) is 10.1. The van der Waals surface area contributed by atoms with Crippen molar-refractivity contribution in [2.24, 2.45) is 23.7 Å². The number of allylic oxidation sites excluding steroid dienone is 2. The maximum atomic E-state index is 6.24. The van der Waals surface area contributed by atoms with E-state index in [1.54, 1.807) is 0 Å². The van der Waals surface area contributed by atoms with Gasteiger partial charge in [0.05, 0.1) is 5.76 Å². The molecule has 15 heavy (non-hydrogen) atoms. The topological polar surface area (TPSA) is 9.23 Å². The van der Waals surface area contributed by atoms with Gasteiger partial charge in [-0.05, 0) is 62.7 Å². The number of fused-ring (bicyclic) bond motifs is 5. The van der Waals surface area contributed by atoms with Crippen molar-refractivity contribution >= 4 is 8.32 Å². The molecule has 0 aromatic heterocycles. The van der Waals surface area contributed by atoms with Gasteiger partial charge in [-0.3, -0.25) is 0 Å². The average Bonchev–Trinajstić information content (AvgIpc) is 2.66. The fourth-order valence-corrected chi connectivity index (χ4v) is 4.93. The first-order chi connectivity index (χ1) is 7.04. The van der Waals surface area contributed by atoms with E-state index < -0.39 is 8.32 Å². The van der Waals surface area contributed by atoms with Gasteiger partial charge in [0.1, 0.15) is 0 Å². The number of hydrogen-bond donors (Lipinski definition) is 0. The third-order valence-corrected chi connectivity index (χ3v) is 5.23. The molecule has 1 nitrogen and oxygen atoms in total. The summed E-state index contributed by atoms with van der Waals surface area (Å²) in [6.45, 7) is 6.89. The Morgan fingerprint density at radius 2 is 1.93 bits per heavy atom. The second-order valence-corrected chi connectivity index (χ2v) is 11.0. The summed E-state index contributed by atoms with van der Waals surface area (Å²) in [5, 5.41) is 0. The van der Waals surface area contributed by atoms with E-state index in [2.05, 4.69) is 25.7 Å². The van der Waals surface area contributed by atoms with Crippen molar-refractivity contribution in [3.63, 3.8) is 0 Å². The van der Waals surface area contributed by atoms with Crippen LogP contribution in [-0.2, 0) is 4.43 Å². The first-order valence-electron chi connectivity index (χ1n) is 6.45. The molecule has 0 N–H and O–H groups in total. The molecule has 2 saturated carbocycles. The fourth-order valence-electron chi connectivity index (χ4n) is 4.01.